The summed E-state index contributed by atoms with van der Waals surface area (Å²) in [5.74, 6) is -1.02. The van der Waals surface area contributed by atoms with Crippen LogP contribution in [0.1, 0.15) is 35.6 Å². The van der Waals surface area contributed by atoms with E-state index < -0.39 is 66.8 Å². The van der Waals surface area contributed by atoms with Crippen molar-refractivity contribution < 1.29 is 62.7 Å². The zero-order valence-corrected chi connectivity index (χ0v) is 23.1. The number of methoxy groups -OCH3 is 2. The standard InChI is InChI=1S/C29H32O13/c1-11-36-9-20-27(40-11)24(31)25(32)29(41-20)42-26-14-7-17-16(38-10-39-17)6-13(14)21(22-15(26)8-37-28(22)33)12-4-18(34-2)23(30)19(5-12)35-3/h4-7,11,15,20-22,24-27,29-32H,8-10H2,1-3H3/t11?,15-,20+,21+,22-,24+,25+,26-,27+,29-/m0/s1. The fraction of sp³-hybridized carbons (Fsp3) is 0.552. The number of fused-ring (bicyclic) bond motifs is 4. The zero-order chi connectivity index (χ0) is 29.3. The molecule has 1 unspecified atom stereocenters. The van der Waals surface area contributed by atoms with E-state index >= 15 is 0 Å². The van der Waals surface area contributed by atoms with E-state index in [0.717, 1.165) is 0 Å². The monoisotopic (exact) mass is 588 g/mol. The minimum Gasteiger partial charge on any atom is -0.502 e. The van der Waals surface area contributed by atoms with E-state index in [-0.39, 0.29) is 37.3 Å². The van der Waals surface area contributed by atoms with E-state index in [9.17, 15) is 20.1 Å². The number of rotatable bonds is 5. The molecular weight excluding hydrogens is 556 g/mol. The van der Waals surface area contributed by atoms with Crippen LogP contribution in [0, 0.1) is 11.8 Å². The van der Waals surface area contributed by atoms with Crippen molar-refractivity contribution >= 4 is 5.97 Å². The average Bonchev–Trinajstić information content (AvgIpc) is 3.61. The third-order valence-corrected chi connectivity index (χ3v) is 8.75. The van der Waals surface area contributed by atoms with Crippen molar-refractivity contribution in [3.05, 3.63) is 41.0 Å². The van der Waals surface area contributed by atoms with E-state index in [1.165, 1.54) is 14.2 Å². The number of cyclic esters (lactones) is 1. The molecule has 0 bridgehead atoms. The number of aliphatic hydroxyl groups excluding tert-OH is 2. The number of aromatic hydroxyl groups is 1. The molecule has 13 heteroatoms. The minimum atomic E-state index is -1.44. The van der Waals surface area contributed by atoms with Crippen molar-refractivity contribution in [2.75, 3.05) is 34.2 Å². The molecular formula is C29H32O13. The molecule has 10 atom stereocenters. The summed E-state index contributed by atoms with van der Waals surface area (Å²) in [4.78, 5) is 13.4. The number of phenolic OH excluding ortho intramolecular Hbond substituents is 1. The smallest absolute Gasteiger partial charge is 0.310 e. The Labute approximate surface area is 240 Å². The zero-order valence-electron chi connectivity index (χ0n) is 23.1. The second-order valence-corrected chi connectivity index (χ2v) is 11.0. The molecule has 3 N–H and O–H groups in total. The van der Waals surface area contributed by atoms with Crippen LogP contribution in [0.25, 0.3) is 0 Å². The first-order valence-corrected chi connectivity index (χ1v) is 13.8. The number of esters is 1. The van der Waals surface area contributed by atoms with Crippen molar-refractivity contribution in [3.8, 4) is 28.7 Å². The number of phenols is 1. The highest BCUT2D eigenvalue weighted by atomic mass is 16.8. The van der Waals surface area contributed by atoms with Crippen LogP contribution in [0.5, 0.6) is 28.7 Å². The van der Waals surface area contributed by atoms with Crippen molar-refractivity contribution in [1.82, 2.24) is 0 Å². The first-order chi connectivity index (χ1) is 20.3. The summed E-state index contributed by atoms with van der Waals surface area (Å²) < 4.78 is 51.5. The number of ether oxygens (including phenoxy) is 9. The van der Waals surface area contributed by atoms with Crippen molar-refractivity contribution in [2.45, 2.75) is 55.9 Å². The summed E-state index contributed by atoms with van der Waals surface area (Å²) in [6, 6.07) is 6.93. The van der Waals surface area contributed by atoms with E-state index in [1.54, 1.807) is 31.2 Å². The largest absolute Gasteiger partial charge is 0.502 e. The molecule has 226 valence electrons. The van der Waals surface area contributed by atoms with Crippen LogP contribution in [0.15, 0.2) is 24.3 Å². The van der Waals surface area contributed by atoms with Gasteiger partial charge in [-0.2, -0.15) is 0 Å². The molecule has 2 aromatic rings. The maximum absolute atomic E-state index is 13.4. The van der Waals surface area contributed by atoms with E-state index in [0.29, 0.717) is 28.2 Å². The molecule has 0 saturated carbocycles. The Morgan fingerprint density at radius 3 is 2.26 bits per heavy atom. The highest BCUT2D eigenvalue weighted by Crippen LogP contribution is 2.57. The van der Waals surface area contributed by atoms with Crippen LogP contribution >= 0.6 is 0 Å². The molecule has 0 spiro atoms. The van der Waals surface area contributed by atoms with Gasteiger partial charge in [-0.3, -0.25) is 4.79 Å². The lowest BCUT2D eigenvalue weighted by atomic mass is 9.66. The number of hydrogen-bond donors (Lipinski definition) is 3. The molecule has 4 heterocycles. The summed E-state index contributed by atoms with van der Waals surface area (Å²) >= 11 is 0. The fourth-order valence-electron chi connectivity index (χ4n) is 6.74. The van der Waals surface area contributed by atoms with Gasteiger partial charge in [0, 0.05) is 11.8 Å². The predicted octanol–water partition coefficient (Wildman–Crippen LogP) is 1.34. The summed E-state index contributed by atoms with van der Waals surface area (Å²) in [6.07, 6.45) is -6.80. The molecule has 3 fully saturated rings. The molecule has 13 nitrogen and oxygen atoms in total. The second-order valence-electron chi connectivity index (χ2n) is 11.0. The number of carbonyl (C=O) groups excluding carboxylic acids is 1. The lowest BCUT2D eigenvalue weighted by Crippen LogP contribution is -2.63. The molecule has 0 aromatic heterocycles. The first kappa shape index (κ1) is 27.5. The van der Waals surface area contributed by atoms with Crippen LogP contribution in [0.3, 0.4) is 0 Å². The maximum atomic E-state index is 13.4. The molecule has 1 aliphatic carbocycles. The Bertz CT molecular complexity index is 1350. The topological polar surface area (TPSA) is 161 Å². The number of hydrogen-bond acceptors (Lipinski definition) is 13. The molecule has 5 aliphatic rings. The van der Waals surface area contributed by atoms with Crippen LogP contribution in [0.2, 0.25) is 0 Å². The maximum Gasteiger partial charge on any atom is 0.310 e. The molecule has 42 heavy (non-hydrogen) atoms. The van der Waals surface area contributed by atoms with Crippen molar-refractivity contribution in [1.29, 1.82) is 0 Å². The summed E-state index contributed by atoms with van der Waals surface area (Å²) in [5.41, 5.74) is 2.01. The number of aliphatic hydroxyl groups is 2. The fourth-order valence-corrected chi connectivity index (χ4v) is 6.74. The Morgan fingerprint density at radius 1 is 0.881 bits per heavy atom. The minimum absolute atomic E-state index is 0.0301. The van der Waals surface area contributed by atoms with Gasteiger partial charge in [0.15, 0.2) is 35.6 Å². The Morgan fingerprint density at radius 2 is 1.57 bits per heavy atom. The van der Waals surface area contributed by atoms with Gasteiger partial charge in [-0.05, 0) is 47.9 Å². The number of benzene rings is 2. The Balaban J connectivity index is 1.32. The van der Waals surface area contributed by atoms with Gasteiger partial charge in [-0.25, -0.2) is 0 Å². The summed E-state index contributed by atoms with van der Waals surface area (Å²) in [6.45, 7) is 1.93. The van der Waals surface area contributed by atoms with Gasteiger partial charge in [-0.15, -0.1) is 0 Å². The molecule has 7 rings (SSSR count). The number of carbonyl (C=O) groups is 1. The SMILES string of the molecule is COc1cc([C@@H]2c3cc4c(cc3[C@H](O[C@@H]3O[C@@H]5COC(C)O[C@H]5[C@H](O)[C@H]3O)[C@H]3COC(=O)[C@H]23)OCO4)cc(OC)c1O. The van der Waals surface area contributed by atoms with Gasteiger partial charge in [0.1, 0.15) is 24.4 Å². The normalized spacial score (nSPS) is 36.5. The van der Waals surface area contributed by atoms with E-state index in [1.807, 2.05) is 0 Å². The lowest BCUT2D eigenvalue weighted by molar-refractivity contribution is -0.364. The summed E-state index contributed by atoms with van der Waals surface area (Å²) in [7, 11) is 2.86. The van der Waals surface area contributed by atoms with Crippen molar-refractivity contribution in [2.24, 2.45) is 11.8 Å². The van der Waals surface area contributed by atoms with Crippen LogP contribution in [-0.2, 0) is 28.5 Å². The van der Waals surface area contributed by atoms with Gasteiger partial charge in [0.05, 0.1) is 39.5 Å². The highest BCUT2D eigenvalue weighted by Gasteiger charge is 2.56. The van der Waals surface area contributed by atoms with Gasteiger partial charge in [0.2, 0.25) is 12.5 Å². The van der Waals surface area contributed by atoms with E-state index in [4.69, 9.17) is 42.6 Å². The average molecular weight is 589 g/mol. The second kappa shape index (κ2) is 10.4. The van der Waals surface area contributed by atoms with E-state index in [2.05, 4.69) is 0 Å². The summed E-state index contributed by atoms with van der Waals surface area (Å²) in [5, 5.41) is 32.5. The van der Waals surface area contributed by atoms with Crippen molar-refractivity contribution in [3.63, 3.8) is 0 Å². The van der Waals surface area contributed by atoms with Crippen LogP contribution in [-0.4, -0.2) is 92.5 Å². The van der Waals surface area contributed by atoms with Crippen LogP contribution < -0.4 is 18.9 Å². The van der Waals surface area contributed by atoms with Gasteiger partial charge >= 0.3 is 5.97 Å². The third-order valence-electron chi connectivity index (χ3n) is 8.75. The molecule has 0 radical (unpaired) electrons. The van der Waals surface area contributed by atoms with Crippen LogP contribution in [0.4, 0.5) is 0 Å². The predicted molar refractivity (Wildman–Crippen MR) is 138 cm³/mol. The quantitative estimate of drug-likeness (QED) is 0.430. The third kappa shape index (κ3) is 4.26. The van der Waals surface area contributed by atoms with Gasteiger partial charge in [0.25, 0.3) is 0 Å². The van der Waals surface area contributed by atoms with Gasteiger partial charge in [-0.1, -0.05) is 0 Å². The Hall–Kier alpha value is -3.33. The highest BCUT2D eigenvalue weighted by molar-refractivity contribution is 5.79. The first-order valence-electron chi connectivity index (χ1n) is 13.8. The van der Waals surface area contributed by atoms with Gasteiger partial charge < -0.3 is 58.0 Å². The molecule has 4 aliphatic heterocycles. The lowest BCUT2D eigenvalue weighted by Gasteiger charge is -2.47. The molecule has 3 saturated heterocycles. The molecule has 0 amide bonds. The Kier molecular flexibility index (Phi) is 6.83. The molecule has 2 aromatic carbocycles.